The molecule has 0 aliphatic carbocycles. The van der Waals surface area contributed by atoms with Crippen molar-refractivity contribution in [2.75, 3.05) is 5.32 Å². The molecule has 0 radical (unpaired) electrons. The largest absolute Gasteiger partial charge is 0.416 e. The number of hydrogen-bond acceptors (Lipinski definition) is 4. The number of rotatable bonds is 4. The van der Waals surface area contributed by atoms with Crippen LogP contribution in [0.15, 0.2) is 72.9 Å². The summed E-state index contributed by atoms with van der Waals surface area (Å²) < 4.78 is 68.4. The summed E-state index contributed by atoms with van der Waals surface area (Å²) >= 11 is 0. The maximum atomic E-state index is 13.6. The van der Waals surface area contributed by atoms with Gasteiger partial charge in [0.25, 0.3) is 0 Å². The predicted molar refractivity (Wildman–Crippen MR) is 121 cm³/mol. The van der Waals surface area contributed by atoms with E-state index in [1.54, 1.807) is 37.3 Å². The third kappa shape index (κ3) is 4.42. The molecule has 5 nitrogen and oxygen atoms in total. The van der Waals surface area contributed by atoms with Crippen LogP contribution in [0.4, 0.5) is 33.5 Å². The first-order valence-corrected chi connectivity index (χ1v) is 10.4. The minimum atomic E-state index is -4.51. The quantitative estimate of drug-likeness (QED) is 0.287. The normalized spacial score (nSPS) is 11.7. The van der Waals surface area contributed by atoms with Gasteiger partial charge in [0.2, 0.25) is 0 Å². The van der Waals surface area contributed by atoms with Gasteiger partial charge < -0.3 is 5.32 Å². The highest BCUT2D eigenvalue weighted by molar-refractivity contribution is 5.92. The van der Waals surface area contributed by atoms with Crippen molar-refractivity contribution >= 4 is 17.0 Å². The predicted octanol–water partition coefficient (Wildman–Crippen LogP) is 6.81. The van der Waals surface area contributed by atoms with E-state index >= 15 is 0 Å². The molecule has 3 aromatic heterocycles. The zero-order valence-electron chi connectivity index (χ0n) is 18.1. The summed E-state index contributed by atoms with van der Waals surface area (Å²) in [5.74, 6) is -1.66. The van der Waals surface area contributed by atoms with Crippen molar-refractivity contribution in [2.45, 2.75) is 13.1 Å². The van der Waals surface area contributed by atoms with E-state index < -0.39 is 23.4 Å². The Kier molecular flexibility index (Phi) is 5.43. The summed E-state index contributed by atoms with van der Waals surface area (Å²) in [5, 5.41) is 11.8. The molecule has 5 rings (SSSR count). The molecule has 10 heteroatoms. The van der Waals surface area contributed by atoms with Crippen molar-refractivity contribution in [2.24, 2.45) is 0 Å². The average Bonchev–Trinajstić information content (AvgIpc) is 3.20. The van der Waals surface area contributed by atoms with Crippen molar-refractivity contribution < 1.29 is 22.0 Å². The van der Waals surface area contributed by atoms with Gasteiger partial charge in [-0.2, -0.15) is 22.9 Å². The lowest BCUT2D eigenvalue weighted by Crippen LogP contribution is -2.04. The molecule has 0 spiro atoms. The fourth-order valence-electron chi connectivity index (χ4n) is 3.73. The fraction of sp³-hybridized carbons (Fsp3) is 0.0800. The van der Waals surface area contributed by atoms with Crippen molar-refractivity contribution in [3.8, 4) is 22.4 Å². The minimum Gasteiger partial charge on any atom is -0.340 e. The van der Waals surface area contributed by atoms with Crippen LogP contribution >= 0.6 is 0 Å². The van der Waals surface area contributed by atoms with E-state index in [1.165, 1.54) is 23.0 Å². The molecule has 2 aromatic carbocycles. The standard InChI is InChI=1S/C25H16F5N5/c1-14-5-8-21-23(15-9-10-31-22(12-15)32-18-6-7-19(26)20(27)13-18)24(34-35(21)33-14)16-3-2-4-17(11-16)25(28,29)30/h2-13H,1H3,(H,31,32). The summed E-state index contributed by atoms with van der Waals surface area (Å²) in [5.41, 5.74) is 2.46. The summed E-state index contributed by atoms with van der Waals surface area (Å²) in [6.45, 7) is 1.78. The van der Waals surface area contributed by atoms with E-state index in [4.69, 9.17) is 0 Å². The van der Waals surface area contributed by atoms with Gasteiger partial charge in [0.15, 0.2) is 11.6 Å². The second-order valence-electron chi connectivity index (χ2n) is 7.84. The first-order chi connectivity index (χ1) is 16.7. The van der Waals surface area contributed by atoms with Crippen LogP contribution in [0, 0.1) is 18.6 Å². The molecule has 0 fully saturated rings. The summed E-state index contributed by atoms with van der Waals surface area (Å²) in [4.78, 5) is 4.22. The Bertz CT molecular complexity index is 1560. The third-order valence-corrected chi connectivity index (χ3v) is 5.34. The zero-order chi connectivity index (χ0) is 24.7. The van der Waals surface area contributed by atoms with E-state index in [0.29, 0.717) is 33.8 Å². The van der Waals surface area contributed by atoms with Gasteiger partial charge in [-0.1, -0.05) is 12.1 Å². The van der Waals surface area contributed by atoms with Gasteiger partial charge in [0.1, 0.15) is 11.5 Å². The smallest absolute Gasteiger partial charge is 0.340 e. The molecule has 0 bridgehead atoms. The highest BCUT2D eigenvalue weighted by atomic mass is 19.4. The number of aryl methyl sites for hydroxylation is 1. The molecule has 0 amide bonds. The number of halogens is 5. The third-order valence-electron chi connectivity index (χ3n) is 5.34. The number of nitrogens with zero attached hydrogens (tertiary/aromatic N) is 4. The van der Waals surface area contributed by atoms with Gasteiger partial charge in [0, 0.05) is 29.1 Å². The second kappa shape index (κ2) is 8.46. The van der Waals surface area contributed by atoms with Crippen molar-refractivity contribution in [3.63, 3.8) is 0 Å². The minimum absolute atomic E-state index is 0.268. The first-order valence-electron chi connectivity index (χ1n) is 10.4. The highest BCUT2D eigenvalue weighted by Gasteiger charge is 2.31. The average molecular weight is 481 g/mol. The lowest BCUT2D eigenvalue weighted by atomic mass is 9.99. The highest BCUT2D eigenvalue weighted by Crippen LogP contribution is 2.38. The summed E-state index contributed by atoms with van der Waals surface area (Å²) in [6, 6.07) is 15.2. The molecule has 0 saturated heterocycles. The first kappa shape index (κ1) is 22.5. The molecule has 0 aliphatic heterocycles. The Hall–Kier alpha value is -4.34. The number of hydrogen-bond donors (Lipinski definition) is 1. The Labute approximate surface area is 195 Å². The van der Waals surface area contributed by atoms with Crippen LogP contribution in [-0.4, -0.2) is 19.8 Å². The fourth-order valence-corrected chi connectivity index (χ4v) is 3.73. The Morgan fingerprint density at radius 3 is 2.43 bits per heavy atom. The molecule has 0 saturated carbocycles. The number of nitrogens with one attached hydrogen (secondary N) is 1. The van der Waals surface area contributed by atoms with Crippen LogP contribution in [-0.2, 0) is 6.18 Å². The van der Waals surface area contributed by atoms with E-state index in [2.05, 4.69) is 20.5 Å². The van der Waals surface area contributed by atoms with Gasteiger partial charge in [0.05, 0.1) is 16.8 Å². The van der Waals surface area contributed by atoms with Gasteiger partial charge >= 0.3 is 6.18 Å². The number of aromatic nitrogens is 4. The van der Waals surface area contributed by atoms with Crippen molar-refractivity contribution in [3.05, 3.63) is 95.8 Å². The monoisotopic (exact) mass is 481 g/mol. The van der Waals surface area contributed by atoms with E-state index in [9.17, 15) is 22.0 Å². The molecule has 176 valence electrons. The second-order valence-corrected chi connectivity index (χ2v) is 7.84. The molecule has 0 unspecified atom stereocenters. The zero-order valence-corrected chi connectivity index (χ0v) is 18.1. The maximum absolute atomic E-state index is 13.6. The van der Waals surface area contributed by atoms with Gasteiger partial charge in [-0.3, -0.25) is 0 Å². The van der Waals surface area contributed by atoms with Crippen LogP contribution in [0.3, 0.4) is 0 Å². The number of fused-ring (bicyclic) bond motifs is 1. The number of pyridine rings is 1. The van der Waals surface area contributed by atoms with Crippen LogP contribution in [0.5, 0.6) is 0 Å². The molecule has 1 N–H and O–H groups in total. The maximum Gasteiger partial charge on any atom is 0.416 e. The Morgan fingerprint density at radius 1 is 0.829 bits per heavy atom. The van der Waals surface area contributed by atoms with Crippen LogP contribution in [0.2, 0.25) is 0 Å². The van der Waals surface area contributed by atoms with Gasteiger partial charge in [-0.05, 0) is 61.0 Å². The lowest BCUT2D eigenvalue weighted by Gasteiger charge is -2.10. The molecule has 0 aliphatic rings. The van der Waals surface area contributed by atoms with Gasteiger partial charge in [-0.25, -0.2) is 13.8 Å². The number of alkyl halides is 3. The molecule has 35 heavy (non-hydrogen) atoms. The van der Waals surface area contributed by atoms with E-state index in [0.717, 1.165) is 24.3 Å². The molecular weight excluding hydrogens is 465 g/mol. The number of benzene rings is 2. The lowest BCUT2D eigenvalue weighted by molar-refractivity contribution is -0.137. The molecule has 0 atom stereocenters. The van der Waals surface area contributed by atoms with Crippen LogP contribution < -0.4 is 5.32 Å². The topological polar surface area (TPSA) is 55.1 Å². The Balaban J connectivity index is 1.65. The SMILES string of the molecule is Cc1ccc2c(-c3ccnc(Nc4ccc(F)c(F)c4)c3)c(-c3cccc(C(F)(F)F)c3)nn2n1. The number of anilines is 2. The van der Waals surface area contributed by atoms with E-state index in [1.807, 2.05) is 0 Å². The van der Waals surface area contributed by atoms with Crippen LogP contribution in [0.25, 0.3) is 27.9 Å². The molecular formula is C25H16F5N5. The molecule has 5 aromatic rings. The molecule has 3 heterocycles. The van der Waals surface area contributed by atoms with Gasteiger partial charge in [-0.15, -0.1) is 5.10 Å². The van der Waals surface area contributed by atoms with E-state index in [-0.39, 0.29) is 11.3 Å². The summed E-state index contributed by atoms with van der Waals surface area (Å²) in [6.07, 6.45) is -3.01. The van der Waals surface area contributed by atoms with Crippen LogP contribution in [0.1, 0.15) is 11.3 Å². The summed E-state index contributed by atoms with van der Waals surface area (Å²) in [7, 11) is 0. The van der Waals surface area contributed by atoms with Crippen molar-refractivity contribution in [1.82, 2.24) is 19.8 Å². The Morgan fingerprint density at radius 2 is 1.66 bits per heavy atom. The van der Waals surface area contributed by atoms with Crippen molar-refractivity contribution in [1.29, 1.82) is 0 Å².